The van der Waals surface area contributed by atoms with Gasteiger partial charge in [-0.25, -0.2) is 0 Å². The zero-order chi connectivity index (χ0) is 19.4. The molecule has 1 N–H and O–H groups in total. The Labute approximate surface area is 170 Å². The number of hydrogen-bond acceptors (Lipinski definition) is 6. The Morgan fingerprint density at radius 1 is 1.22 bits per heavy atom. The number of ether oxygens (including phenoxy) is 1. The number of tetrazole rings is 1. The van der Waals surface area contributed by atoms with Crippen LogP contribution in [0.3, 0.4) is 0 Å². The van der Waals surface area contributed by atoms with Gasteiger partial charge in [-0.1, -0.05) is 41.0 Å². The second kappa shape index (κ2) is 8.60. The first-order valence-electron chi connectivity index (χ1n) is 7.79. The number of hydrogen-bond donors (Lipinski definition) is 1. The third kappa shape index (κ3) is 4.71. The van der Waals surface area contributed by atoms with Crippen LogP contribution < -0.4 is 10.1 Å². The summed E-state index contributed by atoms with van der Waals surface area (Å²) >= 11 is 13.0. The van der Waals surface area contributed by atoms with Crippen LogP contribution in [0.25, 0.3) is 5.69 Å². The summed E-state index contributed by atoms with van der Waals surface area (Å²) in [5.74, 6) is 0.536. The maximum atomic E-state index is 12.2. The number of benzene rings is 2. The number of anilines is 1. The van der Waals surface area contributed by atoms with Gasteiger partial charge in [0, 0.05) is 5.69 Å². The van der Waals surface area contributed by atoms with E-state index in [1.54, 1.807) is 30.0 Å². The number of aryl methyl sites for hydroxylation is 1. The van der Waals surface area contributed by atoms with Gasteiger partial charge in [0.15, 0.2) is 0 Å². The standard InChI is InChI=1S/C17H15Cl2N5O2S/c1-10-3-6-15(26-2)14(7-10)24-17(21-22-23-24)27-9-16(25)20-11-4-5-12(18)13(19)8-11/h3-8H,9H2,1-2H3,(H,20,25). The molecule has 1 heterocycles. The van der Waals surface area contributed by atoms with Crippen molar-refractivity contribution in [3.63, 3.8) is 0 Å². The van der Waals surface area contributed by atoms with Crippen LogP contribution in [0.1, 0.15) is 5.56 Å². The van der Waals surface area contributed by atoms with E-state index in [0.717, 1.165) is 5.56 Å². The van der Waals surface area contributed by atoms with Crippen molar-refractivity contribution in [2.75, 3.05) is 18.2 Å². The summed E-state index contributed by atoms with van der Waals surface area (Å²) in [6.07, 6.45) is 0. The highest BCUT2D eigenvalue weighted by Crippen LogP contribution is 2.28. The van der Waals surface area contributed by atoms with Gasteiger partial charge in [-0.05, 0) is 53.2 Å². The van der Waals surface area contributed by atoms with Crippen molar-refractivity contribution in [1.29, 1.82) is 0 Å². The smallest absolute Gasteiger partial charge is 0.234 e. The van der Waals surface area contributed by atoms with Gasteiger partial charge in [-0.2, -0.15) is 4.68 Å². The zero-order valence-corrected chi connectivity index (χ0v) is 16.8. The molecule has 0 saturated heterocycles. The van der Waals surface area contributed by atoms with Crippen molar-refractivity contribution >= 4 is 46.6 Å². The van der Waals surface area contributed by atoms with Crippen LogP contribution in [0.15, 0.2) is 41.6 Å². The molecule has 0 aliphatic heterocycles. The fourth-order valence-electron chi connectivity index (χ4n) is 2.29. The molecule has 2 aromatic carbocycles. The number of halogens is 2. The van der Waals surface area contributed by atoms with E-state index < -0.39 is 0 Å². The third-order valence-electron chi connectivity index (χ3n) is 3.54. The molecule has 1 amide bonds. The maximum absolute atomic E-state index is 12.2. The summed E-state index contributed by atoms with van der Waals surface area (Å²) in [5, 5.41) is 15.7. The molecule has 3 rings (SSSR count). The number of rotatable bonds is 6. The average Bonchev–Trinajstić information content (AvgIpc) is 3.11. The van der Waals surface area contributed by atoms with Crippen molar-refractivity contribution < 1.29 is 9.53 Å². The first kappa shape index (κ1) is 19.5. The van der Waals surface area contributed by atoms with Gasteiger partial charge in [0.05, 0.1) is 22.9 Å². The van der Waals surface area contributed by atoms with Gasteiger partial charge in [0.1, 0.15) is 11.4 Å². The monoisotopic (exact) mass is 423 g/mol. The lowest BCUT2D eigenvalue weighted by atomic mass is 10.2. The molecule has 0 aliphatic rings. The molecule has 0 saturated carbocycles. The van der Waals surface area contributed by atoms with Crippen LogP contribution >= 0.6 is 35.0 Å². The van der Waals surface area contributed by atoms with E-state index >= 15 is 0 Å². The minimum absolute atomic E-state index is 0.120. The van der Waals surface area contributed by atoms with E-state index in [9.17, 15) is 4.79 Å². The van der Waals surface area contributed by atoms with Gasteiger partial charge >= 0.3 is 0 Å². The van der Waals surface area contributed by atoms with E-state index in [2.05, 4.69) is 20.8 Å². The molecule has 0 fully saturated rings. The van der Waals surface area contributed by atoms with Crippen LogP contribution in [-0.2, 0) is 4.79 Å². The Bertz CT molecular complexity index is 980. The molecule has 140 valence electrons. The number of amides is 1. The van der Waals surface area contributed by atoms with Gasteiger partial charge in [-0.15, -0.1) is 5.10 Å². The van der Waals surface area contributed by atoms with Crippen LogP contribution in [0, 0.1) is 6.92 Å². The molecule has 7 nitrogen and oxygen atoms in total. The number of nitrogens with one attached hydrogen (secondary N) is 1. The van der Waals surface area contributed by atoms with Crippen LogP contribution in [0.5, 0.6) is 5.75 Å². The Balaban J connectivity index is 1.71. The lowest BCUT2D eigenvalue weighted by Gasteiger charge is -2.10. The normalized spacial score (nSPS) is 10.7. The summed E-state index contributed by atoms with van der Waals surface area (Å²) in [4.78, 5) is 12.2. The predicted molar refractivity (Wildman–Crippen MR) is 106 cm³/mol. The van der Waals surface area contributed by atoms with E-state index in [-0.39, 0.29) is 11.7 Å². The number of methoxy groups -OCH3 is 1. The molecule has 3 aromatic rings. The van der Waals surface area contributed by atoms with Crippen LogP contribution in [0.2, 0.25) is 10.0 Å². The van der Waals surface area contributed by atoms with Crippen LogP contribution in [-0.4, -0.2) is 39.0 Å². The number of aromatic nitrogens is 4. The number of nitrogens with zero attached hydrogens (tertiary/aromatic N) is 4. The van der Waals surface area contributed by atoms with E-state index in [0.29, 0.717) is 32.3 Å². The molecule has 0 unspecified atom stereocenters. The first-order chi connectivity index (χ1) is 13.0. The van der Waals surface area contributed by atoms with Gasteiger partial charge in [-0.3, -0.25) is 4.79 Å². The summed E-state index contributed by atoms with van der Waals surface area (Å²) in [6, 6.07) is 10.6. The van der Waals surface area contributed by atoms with Gasteiger partial charge in [0.25, 0.3) is 0 Å². The average molecular weight is 424 g/mol. The fraction of sp³-hybridized carbons (Fsp3) is 0.176. The highest BCUT2D eigenvalue weighted by molar-refractivity contribution is 7.99. The largest absolute Gasteiger partial charge is 0.494 e. The molecule has 27 heavy (non-hydrogen) atoms. The van der Waals surface area contributed by atoms with E-state index in [1.807, 2.05) is 25.1 Å². The van der Waals surface area contributed by atoms with Crippen molar-refractivity contribution in [1.82, 2.24) is 20.2 Å². The van der Waals surface area contributed by atoms with E-state index in [1.165, 1.54) is 11.8 Å². The third-order valence-corrected chi connectivity index (χ3v) is 5.20. The zero-order valence-electron chi connectivity index (χ0n) is 14.4. The number of carbonyl (C=O) groups is 1. The highest BCUT2D eigenvalue weighted by atomic mass is 35.5. The SMILES string of the molecule is COc1ccc(C)cc1-n1nnnc1SCC(=O)Nc1ccc(Cl)c(Cl)c1. The van der Waals surface area contributed by atoms with Crippen molar-refractivity contribution in [3.8, 4) is 11.4 Å². The minimum atomic E-state index is -0.218. The minimum Gasteiger partial charge on any atom is -0.494 e. The van der Waals surface area contributed by atoms with Crippen molar-refractivity contribution in [2.24, 2.45) is 0 Å². The van der Waals surface area contributed by atoms with Crippen molar-refractivity contribution in [2.45, 2.75) is 12.1 Å². The second-order valence-corrected chi connectivity index (χ2v) is 7.27. The quantitative estimate of drug-likeness (QED) is 0.602. The second-order valence-electron chi connectivity index (χ2n) is 5.51. The Kier molecular flexibility index (Phi) is 6.20. The molecular weight excluding hydrogens is 409 g/mol. The lowest BCUT2D eigenvalue weighted by molar-refractivity contribution is -0.113. The summed E-state index contributed by atoms with van der Waals surface area (Å²) in [5.41, 5.74) is 2.31. The molecule has 1 aromatic heterocycles. The predicted octanol–water partition coefficient (Wildman–Crippen LogP) is 4.02. The van der Waals surface area contributed by atoms with Gasteiger partial charge in [0.2, 0.25) is 11.1 Å². The van der Waals surface area contributed by atoms with E-state index in [4.69, 9.17) is 27.9 Å². The molecule has 0 bridgehead atoms. The molecule has 0 aliphatic carbocycles. The lowest BCUT2D eigenvalue weighted by Crippen LogP contribution is -2.14. The van der Waals surface area contributed by atoms with Gasteiger partial charge < -0.3 is 10.1 Å². The van der Waals surface area contributed by atoms with Crippen LogP contribution in [0.4, 0.5) is 5.69 Å². The topological polar surface area (TPSA) is 81.9 Å². The first-order valence-corrected chi connectivity index (χ1v) is 9.53. The molecular formula is C17H15Cl2N5O2S. The Hall–Kier alpha value is -2.29. The Morgan fingerprint density at radius 2 is 2.04 bits per heavy atom. The number of carbonyl (C=O) groups excluding carboxylic acids is 1. The number of thioether (sulfide) groups is 1. The fourth-order valence-corrected chi connectivity index (χ4v) is 3.27. The van der Waals surface area contributed by atoms with Crippen molar-refractivity contribution in [3.05, 3.63) is 52.0 Å². The summed E-state index contributed by atoms with van der Waals surface area (Å²) in [6.45, 7) is 1.96. The highest BCUT2D eigenvalue weighted by Gasteiger charge is 2.15. The molecule has 0 spiro atoms. The molecule has 0 radical (unpaired) electrons. The Morgan fingerprint density at radius 3 is 2.78 bits per heavy atom. The maximum Gasteiger partial charge on any atom is 0.234 e. The summed E-state index contributed by atoms with van der Waals surface area (Å²) in [7, 11) is 1.58. The summed E-state index contributed by atoms with van der Waals surface area (Å²) < 4.78 is 6.92. The molecule has 10 heteroatoms. The molecule has 0 atom stereocenters.